The molecule has 1 spiro atoms. The second-order valence-corrected chi connectivity index (χ2v) is 13.7. The fourth-order valence-corrected chi connectivity index (χ4v) is 7.96. The molecule has 2 aliphatic carbocycles. The fourth-order valence-electron chi connectivity index (χ4n) is 7.96. The van der Waals surface area contributed by atoms with Crippen molar-refractivity contribution in [1.82, 2.24) is 9.97 Å². The molecule has 0 bridgehead atoms. The Balaban J connectivity index is 1.29. The summed E-state index contributed by atoms with van der Waals surface area (Å²) in [5.74, 6) is 0.682. The zero-order valence-corrected chi connectivity index (χ0v) is 26.3. The van der Waals surface area contributed by atoms with E-state index in [2.05, 4.69) is 125 Å². The molecule has 1 saturated carbocycles. The standard InChI is InChI=1S/C42H40N2/c1-26(2)38-20-17-28-15-19-34-35(25-39(27(3)4)44-41(34)40(28)43-38)31-12-10-11-29(23-31)30-16-18-33-32-13-6-7-14-36(32)42(37(33)24-30)21-8-5-9-22-42/h6-7,10-20,23-27H,5,8-9,21-22H2,1-4H3. The van der Waals surface area contributed by atoms with Crippen molar-refractivity contribution in [3.63, 3.8) is 0 Å². The maximum atomic E-state index is 5.21. The Bertz CT molecular complexity index is 2060. The van der Waals surface area contributed by atoms with Crippen LogP contribution in [-0.2, 0) is 5.41 Å². The molecule has 0 amide bonds. The van der Waals surface area contributed by atoms with Gasteiger partial charge in [-0.05, 0) is 93.5 Å². The van der Waals surface area contributed by atoms with Crippen LogP contribution in [0.2, 0.25) is 0 Å². The van der Waals surface area contributed by atoms with Crippen molar-refractivity contribution in [2.45, 2.75) is 77.0 Å². The van der Waals surface area contributed by atoms with Gasteiger partial charge in [0.1, 0.15) is 0 Å². The zero-order chi connectivity index (χ0) is 30.0. The zero-order valence-electron chi connectivity index (χ0n) is 26.3. The Morgan fingerprint density at radius 1 is 0.523 bits per heavy atom. The van der Waals surface area contributed by atoms with E-state index in [1.165, 1.54) is 71.0 Å². The van der Waals surface area contributed by atoms with Crippen molar-refractivity contribution in [2.24, 2.45) is 0 Å². The molecule has 2 heterocycles. The molecule has 8 rings (SSSR count). The van der Waals surface area contributed by atoms with Crippen LogP contribution in [0.25, 0.3) is 55.2 Å². The maximum Gasteiger partial charge on any atom is 0.0974 e. The lowest BCUT2D eigenvalue weighted by molar-refractivity contribution is 0.353. The average molecular weight is 573 g/mol. The van der Waals surface area contributed by atoms with Gasteiger partial charge in [-0.25, -0.2) is 0 Å². The lowest BCUT2D eigenvalue weighted by Crippen LogP contribution is -2.28. The number of hydrogen-bond acceptors (Lipinski definition) is 2. The number of benzene rings is 4. The highest BCUT2D eigenvalue weighted by Crippen LogP contribution is 2.56. The SMILES string of the molecule is CC(C)c1ccc2ccc3c(-c4cccc(-c5ccc6c(c5)C5(CCCCC5)c5ccccc5-6)c4)cc(C(C)C)nc3c2n1. The van der Waals surface area contributed by atoms with Crippen molar-refractivity contribution in [2.75, 3.05) is 0 Å². The van der Waals surface area contributed by atoms with Crippen LogP contribution in [-0.4, -0.2) is 9.97 Å². The van der Waals surface area contributed by atoms with E-state index in [0.717, 1.165) is 33.2 Å². The Kier molecular flexibility index (Phi) is 6.45. The number of aromatic nitrogens is 2. The summed E-state index contributed by atoms with van der Waals surface area (Å²) in [5.41, 5.74) is 15.4. The van der Waals surface area contributed by atoms with E-state index in [-0.39, 0.29) is 5.41 Å². The molecular formula is C42H40N2. The van der Waals surface area contributed by atoms with Crippen LogP contribution in [0.5, 0.6) is 0 Å². The Hall–Kier alpha value is -4.30. The third kappa shape index (κ3) is 4.22. The molecule has 44 heavy (non-hydrogen) atoms. The highest BCUT2D eigenvalue weighted by Gasteiger charge is 2.43. The van der Waals surface area contributed by atoms with Gasteiger partial charge in [0.2, 0.25) is 0 Å². The molecule has 0 unspecified atom stereocenters. The third-order valence-electron chi connectivity index (χ3n) is 10.3. The third-order valence-corrected chi connectivity index (χ3v) is 10.3. The Labute approximate surface area is 261 Å². The molecule has 2 aliphatic rings. The van der Waals surface area contributed by atoms with Crippen LogP contribution in [0.4, 0.5) is 0 Å². The highest BCUT2D eigenvalue weighted by molar-refractivity contribution is 6.08. The van der Waals surface area contributed by atoms with E-state index in [1.54, 1.807) is 5.56 Å². The molecule has 2 aromatic heterocycles. The lowest BCUT2D eigenvalue weighted by Gasteiger charge is -2.36. The molecule has 0 atom stereocenters. The van der Waals surface area contributed by atoms with E-state index < -0.39 is 0 Å². The van der Waals surface area contributed by atoms with E-state index in [0.29, 0.717) is 11.8 Å². The van der Waals surface area contributed by atoms with E-state index in [9.17, 15) is 0 Å². The number of fused-ring (bicyclic) bond motifs is 8. The minimum Gasteiger partial charge on any atom is -0.250 e. The molecule has 2 nitrogen and oxygen atoms in total. The van der Waals surface area contributed by atoms with Crippen molar-refractivity contribution < 1.29 is 0 Å². The molecule has 2 heteroatoms. The van der Waals surface area contributed by atoms with Gasteiger partial charge in [0.05, 0.1) is 11.0 Å². The number of nitrogens with zero attached hydrogens (tertiary/aromatic N) is 2. The lowest BCUT2D eigenvalue weighted by atomic mass is 9.67. The first-order valence-corrected chi connectivity index (χ1v) is 16.5. The first-order valence-electron chi connectivity index (χ1n) is 16.5. The fraction of sp³-hybridized carbons (Fsp3) is 0.286. The van der Waals surface area contributed by atoms with Gasteiger partial charge in [-0.3, -0.25) is 9.97 Å². The minimum atomic E-state index is 0.161. The summed E-state index contributed by atoms with van der Waals surface area (Å²) >= 11 is 0. The topological polar surface area (TPSA) is 25.8 Å². The van der Waals surface area contributed by atoms with E-state index in [4.69, 9.17) is 9.97 Å². The first-order chi connectivity index (χ1) is 21.4. The molecule has 0 saturated heterocycles. The van der Waals surface area contributed by atoms with Crippen molar-refractivity contribution in [3.05, 3.63) is 120 Å². The maximum absolute atomic E-state index is 5.21. The van der Waals surface area contributed by atoms with Gasteiger partial charge in [-0.15, -0.1) is 0 Å². The van der Waals surface area contributed by atoms with Gasteiger partial charge in [0, 0.05) is 27.6 Å². The summed E-state index contributed by atoms with van der Waals surface area (Å²) in [6.07, 6.45) is 6.47. The summed E-state index contributed by atoms with van der Waals surface area (Å²) in [4.78, 5) is 10.3. The summed E-state index contributed by atoms with van der Waals surface area (Å²) in [7, 11) is 0. The summed E-state index contributed by atoms with van der Waals surface area (Å²) in [5, 5.41) is 2.31. The molecule has 6 aromatic rings. The van der Waals surface area contributed by atoms with Gasteiger partial charge in [-0.1, -0.05) is 120 Å². The van der Waals surface area contributed by atoms with E-state index in [1.807, 2.05) is 0 Å². The Morgan fingerprint density at radius 2 is 1.23 bits per heavy atom. The number of pyridine rings is 2. The molecule has 0 radical (unpaired) electrons. The highest BCUT2D eigenvalue weighted by atomic mass is 14.8. The van der Waals surface area contributed by atoms with Crippen LogP contribution in [0, 0.1) is 0 Å². The minimum absolute atomic E-state index is 0.161. The van der Waals surface area contributed by atoms with Gasteiger partial charge in [0.15, 0.2) is 0 Å². The average Bonchev–Trinajstić information content (AvgIpc) is 3.32. The van der Waals surface area contributed by atoms with Crippen molar-refractivity contribution in [1.29, 1.82) is 0 Å². The predicted octanol–water partition coefficient (Wildman–Crippen LogP) is 11.6. The van der Waals surface area contributed by atoms with Gasteiger partial charge >= 0.3 is 0 Å². The van der Waals surface area contributed by atoms with E-state index >= 15 is 0 Å². The smallest absolute Gasteiger partial charge is 0.0974 e. The molecule has 1 fully saturated rings. The quantitative estimate of drug-likeness (QED) is 0.196. The number of rotatable bonds is 4. The van der Waals surface area contributed by atoms with Crippen LogP contribution in [0.1, 0.15) is 94.1 Å². The van der Waals surface area contributed by atoms with Crippen LogP contribution in [0.15, 0.2) is 97.1 Å². The summed E-state index contributed by atoms with van der Waals surface area (Å²) < 4.78 is 0. The molecular weight excluding hydrogens is 532 g/mol. The molecule has 0 aliphatic heterocycles. The van der Waals surface area contributed by atoms with Crippen molar-refractivity contribution in [3.8, 4) is 33.4 Å². The Morgan fingerprint density at radius 3 is 2.05 bits per heavy atom. The second kappa shape index (κ2) is 10.4. The largest absolute Gasteiger partial charge is 0.250 e. The molecule has 4 aromatic carbocycles. The van der Waals surface area contributed by atoms with Gasteiger partial charge in [0.25, 0.3) is 0 Å². The van der Waals surface area contributed by atoms with Crippen molar-refractivity contribution >= 4 is 21.8 Å². The van der Waals surface area contributed by atoms with Crippen LogP contribution in [0.3, 0.4) is 0 Å². The molecule has 218 valence electrons. The molecule has 0 N–H and O–H groups in total. The van der Waals surface area contributed by atoms with Crippen LogP contribution >= 0.6 is 0 Å². The number of hydrogen-bond donors (Lipinski definition) is 0. The normalized spacial score (nSPS) is 15.4. The predicted molar refractivity (Wildman–Crippen MR) is 185 cm³/mol. The first kappa shape index (κ1) is 27.3. The van der Waals surface area contributed by atoms with Gasteiger partial charge < -0.3 is 0 Å². The van der Waals surface area contributed by atoms with Crippen LogP contribution < -0.4 is 0 Å². The summed E-state index contributed by atoms with van der Waals surface area (Å²) in [6, 6.07) is 36.7. The second-order valence-electron chi connectivity index (χ2n) is 13.7. The monoisotopic (exact) mass is 572 g/mol. The van der Waals surface area contributed by atoms with Gasteiger partial charge in [-0.2, -0.15) is 0 Å². The summed E-state index contributed by atoms with van der Waals surface area (Å²) in [6.45, 7) is 8.88.